The number of nitriles is 1. The fourth-order valence-electron chi connectivity index (χ4n) is 3.17. The fourth-order valence-corrected chi connectivity index (χ4v) is 4.14. The van der Waals surface area contributed by atoms with Crippen LogP contribution in [0.5, 0.6) is 0 Å². The minimum atomic E-state index is -0.836. The molecule has 8 heteroatoms. The van der Waals surface area contributed by atoms with Crippen molar-refractivity contribution in [2.75, 3.05) is 6.61 Å². The molecule has 3 rings (SSSR count). The van der Waals surface area contributed by atoms with Crippen LogP contribution in [0.25, 0.3) is 10.6 Å². The quantitative estimate of drug-likeness (QED) is 0.747. The Morgan fingerprint density at radius 1 is 1.25 bits per heavy atom. The van der Waals surface area contributed by atoms with E-state index in [2.05, 4.69) is 16.3 Å². The summed E-state index contributed by atoms with van der Waals surface area (Å²) in [5.74, 6) is 0. The van der Waals surface area contributed by atoms with E-state index in [1.54, 1.807) is 17.0 Å². The van der Waals surface area contributed by atoms with Crippen LogP contribution >= 0.6 is 11.3 Å². The summed E-state index contributed by atoms with van der Waals surface area (Å²) in [4.78, 5) is 14.6. The second-order valence-corrected chi connectivity index (χ2v) is 9.40. The third kappa shape index (κ3) is 3.73. The molecule has 0 aliphatic carbocycles. The molecule has 0 unspecified atom stereocenters. The van der Waals surface area contributed by atoms with Crippen LogP contribution in [0.4, 0.5) is 4.79 Å². The number of hydrogen-bond donors (Lipinski definition) is 0. The van der Waals surface area contributed by atoms with Crippen LogP contribution in [-0.2, 0) is 15.0 Å². The molecule has 1 amide bonds. The van der Waals surface area contributed by atoms with Gasteiger partial charge in [-0.1, -0.05) is 23.5 Å². The normalized spacial score (nSPS) is 21.4. The van der Waals surface area contributed by atoms with Gasteiger partial charge in [-0.05, 0) is 53.7 Å². The van der Waals surface area contributed by atoms with Crippen molar-refractivity contribution in [3.05, 3.63) is 34.8 Å². The van der Waals surface area contributed by atoms with Gasteiger partial charge in [0.1, 0.15) is 26.9 Å². The van der Waals surface area contributed by atoms with Gasteiger partial charge in [-0.15, -0.1) is 10.2 Å². The Kier molecular flexibility index (Phi) is 4.94. The van der Waals surface area contributed by atoms with Gasteiger partial charge in [0.25, 0.3) is 0 Å². The molecule has 0 radical (unpaired) electrons. The fraction of sp³-hybridized carbons (Fsp3) is 0.500. The lowest BCUT2D eigenvalue weighted by molar-refractivity contribution is -0.0685. The number of ether oxygens (including phenoxy) is 2. The van der Waals surface area contributed by atoms with E-state index in [1.165, 1.54) is 11.3 Å². The monoisotopic (exact) mass is 400 g/mol. The van der Waals surface area contributed by atoms with Crippen LogP contribution in [0, 0.1) is 11.3 Å². The first-order chi connectivity index (χ1) is 13.0. The van der Waals surface area contributed by atoms with Crippen LogP contribution in [-0.4, -0.2) is 39.1 Å². The standard InChI is InChI=1S/C20H24N4O3S/c1-18(2,3)27-17(25)24-19(4,5)26-12-20(24,6)16-23-22-15(28-16)14-9-7-13(11-21)8-10-14/h7-10H,12H2,1-6H3/t20-/m1/s1. The molecule has 7 nitrogen and oxygen atoms in total. The zero-order valence-corrected chi connectivity index (χ0v) is 17.8. The number of nitrogens with zero attached hydrogens (tertiary/aromatic N) is 4. The van der Waals surface area contributed by atoms with E-state index in [4.69, 9.17) is 14.7 Å². The van der Waals surface area contributed by atoms with Crippen molar-refractivity contribution in [2.24, 2.45) is 0 Å². The van der Waals surface area contributed by atoms with Gasteiger partial charge in [0.15, 0.2) is 0 Å². The minimum absolute atomic E-state index is 0.293. The highest BCUT2D eigenvalue weighted by atomic mass is 32.1. The predicted molar refractivity (Wildman–Crippen MR) is 106 cm³/mol. The Balaban J connectivity index is 1.95. The summed E-state index contributed by atoms with van der Waals surface area (Å²) in [5.41, 5.74) is -0.798. The molecular weight excluding hydrogens is 376 g/mol. The minimum Gasteiger partial charge on any atom is -0.444 e. The van der Waals surface area contributed by atoms with E-state index in [1.807, 2.05) is 53.7 Å². The van der Waals surface area contributed by atoms with Crippen LogP contribution < -0.4 is 0 Å². The Bertz CT molecular complexity index is 924. The SMILES string of the molecule is CC(C)(C)OC(=O)N1C(C)(C)OC[C@]1(C)c1nnc(-c2ccc(C#N)cc2)s1. The molecule has 0 N–H and O–H groups in total. The van der Waals surface area contributed by atoms with Crippen LogP contribution in [0.3, 0.4) is 0 Å². The molecule has 1 aliphatic heterocycles. The van der Waals surface area contributed by atoms with Gasteiger partial charge in [0.2, 0.25) is 0 Å². The van der Waals surface area contributed by atoms with E-state index < -0.39 is 23.0 Å². The molecule has 1 fully saturated rings. The first-order valence-electron chi connectivity index (χ1n) is 8.98. The van der Waals surface area contributed by atoms with E-state index in [-0.39, 0.29) is 0 Å². The average molecular weight is 401 g/mol. The number of aromatic nitrogens is 2. The molecule has 1 atom stereocenters. The number of amides is 1. The average Bonchev–Trinajstić information content (AvgIpc) is 3.17. The summed E-state index contributed by atoms with van der Waals surface area (Å²) in [7, 11) is 0. The lowest BCUT2D eigenvalue weighted by Gasteiger charge is -2.39. The second-order valence-electron chi connectivity index (χ2n) is 8.43. The number of carbonyl (C=O) groups excluding carboxylic acids is 1. The molecule has 1 aromatic heterocycles. The first-order valence-corrected chi connectivity index (χ1v) is 9.80. The van der Waals surface area contributed by atoms with Crippen LogP contribution in [0.1, 0.15) is 52.1 Å². The molecule has 2 aromatic rings. The Hall–Kier alpha value is -2.50. The molecule has 1 aliphatic rings. The molecule has 0 saturated carbocycles. The highest BCUT2D eigenvalue weighted by molar-refractivity contribution is 7.14. The maximum absolute atomic E-state index is 13.0. The first kappa shape index (κ1) is 20.2. The topological polar surface area (TPSA) is 88.3 Å². The molecule has 1 saturated heterocycles. The summed E-state index contributed by atoms with van der Waals surface area (Å²) < 4.78 is 11.6. The van der Waals surface area contributed by atoms with Crippen molar-refractivity contribution >= 4 is 17.4 Å². The lowest BCUT2D eigenvalue weighted by atomic mass is 10.0. The van der Waals surface area contributed by atoms with Gasteiger partial charge in [-0.25, -0.2) is 4.79 Å². The predicted octanol–water partition coefficient (Wildman–Crippen LogP) is 4.30. The summed E-state index contributed by atoms with van der Waals surface area (Å²) in [6, 6.07) is 9.26. The van der Waals surface area contributed by atoms with E-state index in [0.29, 0.717) is 17.2 Å². The zero-order chi connectivity index (χ0) is 20.7. The molecule has 28 heavy (non-hydrogen) atoms. The smallest absolute Gasteiger partial charge is 0.413 e. The van der Waals surface area contributed by atoms with Crippen molar-refractivity contribution in [1.29, 1.82) is 5.26 Å². The summed E-state index contributed by atoms with van der Waals surface area (Å²) in [6.07, 6.45) is -0.451. The van der Waals surface area contributed by atoms with E-state index in [9.17, 15) is 4.79 Å². The third-order valence-corrected chi connectivity index (χ3v) is 5.69. The van der Waals surface area contributed by atoms with E-state index >= 15 is 0 Å². The van der Waals surface area contributed by atoms with Gasteiger partial charge in [0.05, 0.1) is 18.2 Å². The molecule has 0 bridgehead atoms. The molecule has 2 heterocycles. The van der Waals surface area contributed by atoms with Crippen molar-refractivity contribution in [3.8, 4) is 16.6 Å². The molecule has 0 spiro atoms. The zero-order valence-electron chi connectivity index (χ0n) is 16.9. The highest BCUT2D eigenvalue weighted by Crippen LogP contribution is 2.44. The maximum atomic E-state index is 13.0. The van der Waals surface area contributed by atoms with Crippen molar-refractivity contribution in [2.45, 2.75) is 58.4 Å². The number of benzene rings is 1. The van der Waals surface area contributed by atoms with Crippen molar-refractivity contribution in [1.82, 2.24) is 15.1 Å². The summed E-state index contributed by atoms with van der Waals surface area (Å²) in [6.45, 7) is 11.4. The van der Waals surface area contributed by atoms with Crippen LogP contribution in [0.2, 0.25) is 0 Å². The highest BCUT2D eigenvalue weighted by Gasteiger charge is 2.55. The Labute approximate surface area is 168 Å². The number of hydrogen-bond acceptors (Lipinski definition) is 7. The third-order valence-electron chi connectivity index (χ3n) is 4.46. The van der Waals surface area contributed by atoms with E-state index in [0.717, 1.165) is 10.6 Å². The van der Waals surface area contributed by atoms with Crippen molar-refractivity contribution < 1.29 is 14.3 Å². The number of carbonyl (C=O) groups is 1. The van der Waals surface area contributed by atoms with Gasteiger partial charge >= 0.3 is 6.09 Å². The molecule has 148 valence electrons. The second kappa shape index (κ2) is 6.83. The van der Waals surface area contributed by atoms with Gasteiger partial charge in [-0.3, -0.25) is 4.90 Å². The largest absolute Gasteiger partial charge is 0.444 e. The Morgan fingerprint density at radius 2 is 1.89 bits per heavy atom. The summed E-state index contributed by atoms with van der Waals surface area (Å²) >= 11 is 1.40. The molecule has 1 aromatic carbocycles. The number of rotatable bonds is 2. The Morgan fingerprint density at radius 3 is 2.46 bits per heavy atom. The van der Waals surface area contributed by atoms with Gasteiger partial charge in [0, 0.05) is 5.56 Å². The molecular formula is C20H24N4O3S. The lowest BCUT2D eigenvalue weighted by Crippen LogP contribution is -2.54. The van der Waals surface area contributed by atoms with Gasteiger partial charge in [-0.2, -0.15) is 5.26 Å². The van der Waals surface area contributed by atoms with Crippen molar-refractivity contribution in [3.63, 3.8) is 0 Å². The van der Waals surface area contributed by atoms with Gasteiger partial charge < -0.3 is 9.47 Å². The van der Waals surface area contributed by atoms with Crippen LogP contribution in [0.15, 0.2) is 24.3 Å². The maximum Gasteiger partial charge on any atom is 0.413 e. The summed E-state index contributed by atoms with van der Waals surface area (Å²) in [5, 5.41) is 19.0.